The van der Waals surface area contributed by atoms with Crippen molar-refractivity contribution in [2.45, 2.75) is 6.92 Å². The average Bonchev–Trinajstić information content (AvgIpc) is 2.92. The Hall–Kier alpha value is -2.33. The van der Waals surface area contributed by atoms with Crippen molar-refractivity contribution in [3.63, 3.8) is 0 Å². The fraction of sp³-hybridized carbons (Fsp3) is 0.0556. The summed E-state index contributed by atoms with van der Waals surface area (Å²) in [4.78, 5) is 16.8. The van der Waals surface area contributed by atoms with Gasteiger partial charge in [-0.2, -0.15) is 0 Å². The minimum atomic E-state index is -0.220. The molecule has 0 saturated carbocycles. The summed E-state index contributed by atoms with van der Waals surface area (Å²) in [6.45, 7) is 9.55. The van der Waals surface area contributed by atoms with Crippen LogP contribution in [0.15, 0.2) is 72.0 Å². The van der Waals surface area contributed by atoms with E-state index in [0.717, 1.165) is 21.4 Å². The van der Waals surface area contributed by atoms with Gasteiger partial charge in [-0.05, 0) is 55.0 Å². The highest BCUT2D eigenvalue weighted by Gasteiger charge is 2.14. The van der Waals surface area contributed by atoms with Gasteiger partial charge in [-0.3, -0.25) is 9.69 Å². The van der Waals surface area contributed by atoms with Crippen LogP contribution in [-0.4, -0.2) is 10.9 Å². The number of hydrogen-bond donors (Lipinski definition) is 1. The number of amides is 1. The molecule has 0 spiro atoms. The SMILES string of the molecule is C=CC(=O)N(C(=C)/C=C\c1cc[nH]c1C)c1ccc(Br)cc1. The second-order valence-corrected chi connectivity index (χ2v) is 5.65. The Morgan fingerprint density at radius 3 is 2.50 bits per heavy atom. The van der Waals surface area contributed by atoms with E-state index >= 15 is 0 Å². The number of halogens is 1. The standard InChI is InChI=1S/C18H17BrN2O/c1-4-18(22)21(17-9-7-16(19)8-10-17)13(2)5-6-15-11-12-20-14(15)3/h4-12,20H,1-2H2,3H3/b6-5-. The number of nitrogens with zero attached hydrogens (tertiary/aromatic N) is 1. The van der Waals surface area contributed by atoms with Gasteiger partial charge in [-0.15, -0.1) is 0 Å². The summed E-state index contributed by atoms with van der Waals surface area (Å²) in [6.07, 6.45) is 6.90. The van der Waals surface area contributed by atoms with Crippen LogP contribution in [0.3, 0.4) is 0 Å². The summed E-state index contributed by atoms with van der Waals surface area (Å²) in [5.41, 5.74) is 3.44. The molecule has 112 valence electrons. The summed E-state index contributed by atoms with van der Waals surface area (Å²) >= 11 is 3.39. The molecule has 4 heteroatoms. The van der Waals surface area contributed by atoms with Crippen molar-refractivity contribution < 1.29 is 4.79 Å². The van der Waals surface area contributed by atoms with Crippen molar-refractivity contribution in [1.29, 1.82) is 0 Å². The molecule has 0 saturated heterocycles. The normalized spacial score (nSPS) is 10.6. The lowest BCUT2D eigenvalue weighted by Gasteiger charge is -2.21. The van der Waals surface area contributed by atoms with Gasteiger partial charge < -0.3 is 4.98 Å². The number of aromatic amines is 1. The summed E-state index contributed by atoms with van der Waals surface area (Å²) in [6, 6.07) is 9.44. The van der Waals surface area contributed by atoms with Gasteiger partial charge in [0.05, 0.1) is 0 Å². The van der Waals surface area contributed by atoms with Gasteiger partial charge in [-0.1, -0.05) is 35.2 Å². The predicted octanol–water partition coefficient (Wildman–Crippen LogP) is 4.83. The fourth-order valence-electron chi connectivity index (χ4n) is 2.02. The van der Waals surface area contributed by atoms with Crippen LogP contribution in [-0.2, 0) is 4.79 Å². The molecule has 0 atom stereocenters. The molecule has 0 fully saturated rings. The van der Waals surface area contributed by atoms with E-state index in [1.807, 2.05) is 55.6 Å². The van der Waals surface area contributed by atoms with Crippen LogP contribution < -0.4 is 4.90 Å². The van der Waals surface area contributed by atoms with Gasteiger partial charge in [0.15, 0.2) is 0 Å². The molecule has 1 heterocycles. The lowest BCUT2D eigenvalue weighted by atomic mass is 10.2. The van der Waals surface area contributed by atoms with Gasteiger partial charge >= 0.3 is 0 Å². The Labute approximate surface area is 138 Å². The number of aryl methyl sites for hydroxylation is 1. The van der Waals surface area contributed by atoms with Crippen molar-refractivity contribution >= 4 is 33.6 Å². The van der Waals surface area contributed by atoms with E-state index in [1.54, 1.807) is 0 Å². The van der Waals surface area contributed by atoms with Crippen LogP contribution in [0.25, 0.3) is 6.08 Å². The number of benzene rings is 1. The largest absolute Gasteiger partial charge is 0.365 e. The van der Waals surface area contributed by atoms with Crippen molar-refractivity contribution in [2.75, 3.05) is 4.90 Å². The van der Waals surface area contributed by atoms with E-state index in [9.17, 15) is 4.79 Å². The number of allylic oxidation sites excluding steroid dienone is 1. The van der Waals surface area contributed by atoms with Crippen molar-refractivity contribution in [3.8, 4) is 0 Å². The van der Waals surface area contributed by atoms with Gasteiger partial charge in [0, 0.05) is 27.7 Å². The predicted molar refractivity (Wildman–Crippen MR) is 95.5 cm³/mol. The molecule has 2 aromatic rings. The Morgan fingerprint density at radius 2 is 1.95 bits per heavy atom. The first-order valence-corrected chi connectivity index (χ1v) is 7.55. The molecule has 3 nitrogen and oxygen atoms in total. The molecular formula is C18H17BrN2O. The van der Waals surface area contributed by atoms with Crippen LogP contribution in [0.2, 0.25) is 0 Å². The number of nitrogens with one attached hydrogen (secondary N) is 1. The number of hydrogen-bond acceptors (Lipinski definition) is 1. The molecular weight excluding hydrogens is 340 g/mol. The highest BCUT2D eigenvalue weighted by Crippen LogP contribution is 2.23. The maximum absolute atomic E-state index is 12.2. The zero-order chi connectivity index (χ0) is 16.1. The Morgan fingerprint density at radius 1 is 1.27 bits per heavy atom. The highest BCUT2D eigenvalue weighted by atomic mass is 79.9. The lowest BCUT2D eigenvalue weighted by Crippen LogP contribution is -2.27. The maximum Gasteiger partial charge on any atom is 0.254 e. The number of carbonyl (C=O) groups is 1. The first kappa shape index (κ1) is 16.0. The van der Waals surface area contributed by atoms with Crippen molar-refractivity contribution in [1.82, 2.24) is 4.98 Å². The second kappa shape index (κ2) is 7.09. The van der Waals surface area contributed by atoms with Crippen molar-refractivity contribution in [2.24, 2.45) is 0 Å². The maximum atomic E-state index is 12.2. The van der Waals surface area contributed by atoms with Gasteiger partial charge in [0.2, 0.25) is 0 Å². The third-order valence-electron chi connectivity index (χ3n) is 3.22. The van der Waals surface area contributed by atoms with E-state index in [0.29, 0.717) is 5.70 Å². The zero-order valence-corrected chi connectivity index (χ0v) is 13.9. The smallest absolute Gasteiger partial charge is 0.254 e. The molecule has 2 rings (SSSR count). The van der Waals surface area contributed by atoms with E-state index in [-0.39, 0.29) is 5.91 Å². The van der Waals surface area contributed by atoms with Crippen LogP contribution in [0.1, 0.15) is 11.3 Å². The van der Waals surface area contributed by atoms with E-state index in [4.69, 9.17) is 0 Å². The Kier molecular flexibility index (Phi) is 5.17. The molecule has 0 aliphatic heterocycles. The molecule has 22 heavy (non-hydrogen) atoms. The quantitative estimate of drug-likeness (QED) is 0.604. The molecule has 1 aromatic heterocycles. The zero-order valence-electron chi connectivity index (χ0n) is 12.3. The molecule has 0 radical (unpaired) electrons. The van der Waals surface area contributed by atoms with Gasteiger partial charge in [0.25, 0.3) is 5.91 Å². The summed E-state index contributed by atoms with van der Waals surface area (Å²) in [5, 5.41) is 0. The first-order valence-electron chi connectivity index (χ1n) is 6.76. The Balaban J connectivity index is 2.29. The molecule has 1 aromatic carbocycles. The van der Waals surface area contributed by atoms with Crippen LogP contribution in [0.4, 0.5) is 5.69 Å². The third-order valence-corrected chi connectivity index (χ3v) is 3.75. The van der Waals surface area contributed by atoms with Crippen molar-refractivity contribution in [3.05, 3.63) is 83.3 Å². The molecule has 0 aliphatic rings. The minimum Gasteiger partial charge on any atom is -0.365 e. The number of carbonyl (C=O) groups excluding carboxylic acids is 1. The summed E-state index contributed by atoms with van der Waals surface area (Å²) < 4.78 is 0.950. The lowest BCUT2D eigenvalue weighted by molar-refractivity contribution is -0.113. The van der Waals surface area contributed by atoms with Crippen LogP contribution in [0.5, 0.6) is 0 Å². The van der Waals surface area contributed by atoms with E-state index in [2.05, 4.69) is 34.1 Å². The molecule has 1 amide bonds. The second-order valence-electron chi connectivity index (χ2n) is 4.74. The van der Waals surface area contributed by atoms with E-state index in [1.165, 1.54) is 11.0 Å². The highest BCUT2D eigenvalue weighted by molar-refractivity contribution is 9.10. The average molecular weight is 357 g/mol. The van der Waals surface area contributed by atoms with Crippen LogP contribution in [0, 0.1) is 6.92 Å². The number of H-pyrrole nitrogens is 1. The van der Waals surface area contributed by atoms with E-state index < -0.39 is 0 Å². The van der Waals surface area contributed by atoms with Gasteiger partial charge in [0.1, 0.15) is 0 Å². The number of anilines is 1. The molecule has 0 bridgehead atoms. The topological polar surface area (TPSA) is 36.1 Å². The minimum absolute atomic E-state index is 0.220. The molecule has 0 aliphatic carbocycles. The Bertz CT molecular complexity index is 726. The summed E-state index contributed by atoms with van der Waals surface area (Å²) in [7, 11) is 0. The number of aromatic nitrogens is 1. The third kappa shape index (κ3) is 3.65. The number of rotatable bonds is 5. The summed E-state index contributed by atoms with van der Waals surface area (Å²) in [5.74, 6) is -0.220. The van der Waals surface area contributed by atoms with Crippen LogP contribution >= 0.6 is 15.9 Å². The molecule has 0 unspecified atom stereocenters. The molecule has 1 N–H and O–H groups in total. The van der Waals surface area contributed by atoms with Gasteiger partial charge in [-0.25, -0.2) is 0 Å². The first-order chi connectivity index (χ1) is 10.5. The fourth-order valence-corrected chi connectivity index (χ4v) is 2.29. The monoisotopic (exact) mass is 356 g/mol.